The van der Waals surface area contributed by atoms with Crippen LogP contribution in [0.3, 0.4) is 0 Å². The van der Waals surface area contributed by atoms with Gasteiger partial charge in [-0.15, -0.1) is 0 Å². The molecule has 2 N–H and O–H groups in total. The van der Waals surface area contributed by atoms with E-state index in [9.17, 15) is 8.42 Å². The van der Waals surface area contributed by atoms with E-state index in [1.807, 2.05) is 37.3 Å². The highest BCUT2D eigenvalue weighted by atomic mass is 32.2. The summed E-state index contributed by atoms with van der Waals surface area (Å²) in [6, 6.07) is 15.7. The van der Waals surface area contributed by atoms with E-state index in [-0.39, 0.29) is 0 Å². The van der Waals surface area contributed by atoms with E-state index in [0.717, 1.165) is 56.1 Å². The summed E-state index contributed by atoms with van der Waals surface area (Å²) in [5.74, 6) is 0.727. The van der Waals surface area contributed by atoms with Crippen molar-refractivity contribution in [2.75, 3.05) is 33.1 Å². The first-order valence-electron chi connectivity index (χ1n) is 10.3. The third-order valence-corrected chi connectivity index (χ3v) is 5.97. The maximum atomic E-state index is 11.7. The summed E-state index contributed by atoms with van der Waals surface area (Å²) < 4.78 is 29.1. The van der Waals surface area contributed by atoms with Crippen molar-refractivity contribution in [1.29, 1.82) is 0 Å². The number of nitrogens with one attached hydrogen (secondary N) is 2. The van der Waals surface area contributed by atoms with Gasteiger partial charge in [-0.05, 0) is 48.9 Å². The molecular weight excluding hydrogens is 398 g/mol. The molecule has 0 aromatic heterocycles. The van der Waals surface area contributed by atoms with Crippen molar-refractivity contribution in [2.45, 2.75) is 37.6 Å². The fraction of sp³-hybridized carbons (Fsp3) is 0.435. The normalized spacial score (nSPS) is 12.0. The minimum atomic E-state index is -3.19. The maximum absolute atomic E-state index is 11.7. The molecule has 2 aromatic carbocycles. The Morgan fingerprint density at radius 1 is 1.00 bits per heavy atom. The Balaban J connectivity index is 1.60. The first kappa shape index (κ1) is 23.9. The second kappa shape index (κ2) is 12.3. The van der Waals surface area contributed by atoms with Crippen molar-refractivity contribution in [3.8, 4) is 0 Å². The lowest BCUT2D eigenvalue weighted by Gasteiger charge is -2.13. The number of unbranched alkanes of at least 4 members (excludes halogenated alkanes) is 1. The highest BCUT2D eigenvalue weighted by Gasteiger charge is 2.10. The van der Waals surface area contributed by atoms with E-state index in [1.165, 1.54) is 11.8 Å². The first-order valence-corrected chi connectivity index (χ1v) is 12.1. The van der Waals surface area contributed by atoms with Crippen LogP contribution in [0.25, 0.3) is 0 Å². The van der Waals surface area contributed by atoms with Crippen LogP contribution in [0.15, 0.2) is 58.4 Å². The molecule has 0 amide bonds. The van der Waals surface area contributed by atoms with Gasteiger partial charge >= 0.3 is 0 Å². The summed E-state index contributed by atoms with van der Waals surface area (Å²) in [4.78, 5) is 4.61. The van der Waals surface area contributed by atoms with E-state index in [4.69, 9.17) is 4.74 Å². The maximum Gasteiger partial charge on any atom is 0.191 e. The number of nitrogens with zero attached hydrogens (tertiary/aromatic N) is 1. The van der Waals surface area contributed by atoms with Crippen LogP contribution in [0.4, 0.5) is 0 Å². The predicted octanol–water partition coefficient (Wildman–Crippen LogP) is 3.10. The van der Waals surface area contributed by atoms with Gasteiger partial charge in [0.15, 0.2) is 15.8 Å². The summed E-state index contributed by atoms with van der Waals surface area (Å²) in [5.41, 5.74) is 3.07. The lowest BCUT2D eigenvalue weighted by molar-refractivity contribution is 0.133. The molecule has 0 saturated heterocycles. The molecule has 0 saturated carbocycles. The molecule has 0 spiro atoms. The molecule has 2 rings (SSSR count). The predicted molar refractivity (Wildman–Crippen MR) is 123 cm³/mol. The van der Waals surface area contributed by atoms with Gasteiger partial charge in [-0.2, -0.15) is 0 Å². The number of sulfone groups is 1. The molecule has 0 bridgehead atoms. The average Bonchev–Trinajstić information content (AvgIpc) is 2.72. The molecule has 6 nitrogen and oxygen atoms in total. The van der Waals surface area contributed by atoms with Crippen LogP contribution < -0.4 is 10.6 Å². The number of rotatable bonds is 11. The molecule has 164 valence electrons. The largest absolute Gasteiger partial charge is 0.381 e. The van der Waals surface area contributed by atoms with Gasteiger partial charge in [0.1, 0.15) is 0 Å². The van der Waals surface area contributed by atoms with Gasteiger partial charge in [0.2, 0.25) is 0 Å². The van der Waals surface area contributed by atoms with Crippen LogP contribution in [0, 0.1) is 6.92 Å². The monoisotopic (exact) mass is 431 g/mol. The van der Waals surface area contributed by atoms with Gasteiger partial charge in [-0.25, -0.2) is 8.42 Å². The number of hydrogen-bond donors (Lipinski definition) is 2. The fourth-order valence-electron chi connectivity index (χ4n) is 3.12. The third kappa shape index (κ3) is 8.55. The lowest BCUT2D eigenvalue weighted by atomic mass is 10.1. The van der Waals surface area contributed by atoms with Crippen molar-refractivity contribution in [1.82, 2.24) is 10.6 Å². The molecule has 0 fully saturated rings. The standard InChI is InChI=1S/C23H33N3O3S/c1-19-17-21(11-12-22(19)30(3,27)28)18-26-23(24-2)25-14-7-8-15-29-16-13-20-9-5-4-6-10-20/h4-6,9-12,17H,7-8,13-16,18H2,1-3H3,(H2,24,25,26). The lowest BCUT2D eigenvalue weighted by Crippen LogP contribution is -2.37. The third-order valence-electron chi connectivity index (χ3n) is 4.71. The zero-order valence-electron chi connectivity index (χ0n) is 18.1. The summed E-state index contributed by atoms with van der Waals surface area (Å²) >= 11 is 0. The van der Waals surface area contributed by atoms with E-state index in [0.29, 0.717) is 11.4 Å². The van der Waals surface area contributed by atoms with Gasteiger partial charge in [0, 0.05) is 33.0 Å². The Kier molecular flexibility index (Phi) is 9.83. The van der Waals surface area contributed by atoms with E-state index < -0.39 is 9.84 Å². The molecule has 0 heterocycles. The van der Waals surface area contributed by atoms with Gasteiger partial charge in [-0.1, -0.05) is 42.5 Å². The topological polar surface area (TPSA) is 79.8 Å². The minimum absolute atomic E-state index is 0.375. The average molecular weight is 432 g/mol. The molecule has 0 radical (unpaired) electrons. The van der Waals surface area contributed by atoms with Gasteiger partial charge < -0.3 is 15.4 Å². The van der Waals surface area contributed by atoms with Crippen LogP contribution in [0.2, 0.25) is 0 Å². The number of ether oxygens (including phenoxy) is 1. The molecule has 30 heavy (non-hydrogen) atoms. The van der Waals surface area contributed by atoms with E-state index >= 15 is 0 Å². The molecule has 2 aromatic rings. The van der Waals surface area contributed by atoms with Crippen molar-refractivity contribution >= 4 is 15.8 Å². The summed E-state index contributed by atoms with van der Waals surface area (Å²) in [5, 5.41) is 6.55. The molecule has 0 aliphatic carbocycles. The fourth-order valence-corrected chi connectivity index (χ4v) is 4.08. The van der Waals surface area contributed by atoms with E-state index in [1.54, 1.807) is 13.1 Å². The highest BCUT2D eigenvalue weighted by Crippen LogP contribution is 2.16. The smallest absolute Gasteiger partial charge is 0.191 e. The number of hydrogen-bond acceptors (Lipinski definition) is 4. The Bertz CT molecular complexity index is 913. The van der Waals surface area contributed by atoms with Crippen molar-refractivity contribution < 1.29 is 13.2 Å². The first-order chi connectivity index (χ1) is 14.4. The summed E-state index contributed by atoms with van der Waals surface area (Å²) in [7, 11) is -1.45. The van der Waals surface area contributed by atoms with Gasteiger partial charge in [0.05, 0.1) is 11.5 Å². The van der Waals surface area contributed by atoms with Crippen LogP contribution in [0.5, 0.6) is 0 Å². The summed E-state index contributed by atoms with van der Waals surface area (Å²) in [6.45, 7) is 4.71. The Hall–Kier alpha value is -2.38. The molecular formula is C23H33N3O3S. The second-order valence-corrected chi connectivity index (χ2v) is 9.26. The molecule has 0 atom stereocenters. The zero-order valence-corrected chi connectivity index (χ0v) is 19.0. The van der Waals surface area contributed by atoms with Crippen LogP contribution in [-0.2, 0) is 27.5 Å². The second-order valence-electron chi connectivity index (χ2n) is 7.28. The minimum Gasteiger partial charge on any atom is -0.381 e. The molecule has 7 heteroatoms. The van der Waals surface area contributed by atoms with Crippen LogP contribution in [-0.4, -0.2) is 47.4 Å². The van der Waals surface area contributed by atoms with Crippen LogP contribution in [0.1, 0.15) is 29.5 Å². The van der Waals surface area contributed by atoms with Gasteiger partial charge in [0.25, 0.3) is 0 Å². The quantitative estimate of drug-likeness (QED) is 0.325. The van der Waals surface area contributed by atoms with Crippen molar-refractivity contribution in [2.24, 2.45) is 4.99 Å². The molecule has 0 aliphatic rings. The number of benzene rings is 2. The highest BCUT2D eigenvalue weighted by molar-refractivity contribution is 7.90. The number of aliphatic imine (C=N–C) groups is 1. The SMILES string of the molecule is CN=C(NCCCCOCCc1ccccc1)NCc1ccc(S(C)(=O)=O)c(C)c1. The Labute approximate surface area is 180 Å². The Morgan fingerprint density at radius 3 is 2.43 bits per heavy atom. The van der Waals surface area contributed by atoms with Crippen molar-refractivity contribution in [3.63, 3.8) is 0 Å². The Morgan fingerprint density at radius 2 is 1.77 bits per heavy atom. The van der Waals surface area contributed by atoms with Crippen molar-refractivity contribution in [3.05, 3.63) is 65.2 Å². The van der Waals surface area contributed by atoms with Crippen LogP contribution >= 0.6 is 0 Å². The number of guanidine groups is 1. The van der Waals surface area contributed by atoms with E-state index in [2.05, 4.69) is 27.8 Å². The molecule has 0 unspecified atom stereocenters. The number of aryl methyl sites for hydroxylation is 1. The van der Waals surface area contributed by atoms with Gasteiger partial charge in [-0.3, -0.25) is 4.99 Å². The molecule has 0 aliphatic heterocycles. The summed E-state index contributed by atoms with van der Waals surface area (Å²) in [6.07, 6.45) is 4.16. The zero-order chi connectivity index (χ0) is 21.8.